The third-order valence-electron chi connectivity index (χ3n) is 5.01. The first kappa shape index (κ1) is 26.2. The molecule has 1 amide bonds. The topological polar surface area (TPSA) is 154 Å². The number of esters is 1. The summed E-state index contributed by atoms with van der Waals surface area (Å²) in [5, 5.41) is 13.4. The molecule has 0 aromatic heterocycles. The molecular formula is C24H23N3O8S. The Bertz CT molecular complexity index is 1440. The van der Waals surface area contributed by atoms with Crippen LogP contribution < -0.4 is 14.8 Å². The first-order chi connectivity index (χ1) is 17.0. The summed E-state index contributed by atoms with van der Waals surface area (Å²) < 4.78 is 38.2. The number of rotatable bonds is 9. The number of hydrogen-bond donors (Lipinski definition) is 2. The third-order valence-corrected chi connectivity index (χ3v) is 6.39. The van der Waals surface area contributed by atoms with Gasteiger partial charge >= 0.3 is 5.97 Å². The van der Waals surface area contributed by atoms with Gasteiger partial charge in [0.2, 0.25) is 0 Å². The molecule has 0 aliphatic rings. The van der Waals surface area contributed by atoms with Gasteiger partial charge in [-0.15, -0.1) is 0 Å². The highest BCUT2D eigenvalue weighted by molar-refractivity contribution is 7.92. The van der Waals surface area contributed by atoms with Crippen molar-refractivity contribution in [2.45, 2.75) is 18.7 Å². The largest absolute Gasteiger partial charge is 0.495 e. The van der Waals surface area contributed by atoms with Gasteiger partial charge in [0.1, 0.15) is 5.75 Å². The average molecular weight is 514 g/mol. The summed E-state index contributed by atoms with van der Waals surface area (Å²) >= 11 is 0. The van der Waals surface area contributed by atoms with Crippen molar-refractivity contribution in [2.75, 3.05) is 23.8 Å². The Kier molecular flexibility index (Phi) is 7.90. The highest BCUT2D eigenvalue weighted by atomic mass is 32.2. The van der Waals surface area contributed by atoms with Crippen LogP contribution in [0.2, 0.25) is 0 Å². The van der Waals surface area contributed by atoms with Crippen LogP contribution in [0, 0.1) is 24.0 Å². The molecule has 0 atom stereocenters. The van der Waals surface area contributed by atoms with Gasteiger partial charge in [-0.3, -0.25) is 19.6 Å². The lowest BCUT2D eigenvalue weighted by molar-refractivity contribution is -0.384. The van der Waals surface area contributed by atoms with Crippen LogP contribution in [0.25, 0.3) is 0 Å². The van der Waals surface area contributed by atoms with Crippen molar-refractivity contribution in [3.63, 3.8) is 0 Å². The summed E-state index contributed by atoms with van der Waals surface area (Å²) in [7, 11) is -2.67. The fourth-order valence-corrected chi connectivity index (χ4v) is 4.29. The Morgan fingerprint density at radius 3 is 2.44 bits per heavy atom. The van der Waals surface area contributed by atoms with Crippen molar-refractivity contribution in [1.82, 2.24) is 0 Å². The van der Waals surface area contributed by atoms with E-state index in [2.05, 4.69) is 10.0 Å². The van der Waals surface area contributed by atoms with Crippen molar-refractivity contribution >= 4 is 39.0 Å². The second-order valence-electron chi connectivity index (χ2n) is 7.72. The summed E-state index contributed by atoms with van der Waals surface area (Å²) in [4.78, 5) is 35.2. The number of nitrogens with zero attached hydrogens (tertiary/aromatic N) is 1. The number of hydrogen-bond acceptors (Lipinski definition) is 8. The first-order valence-corrected chi connectivity index (χ1v) is 12.0. The van der Waals surface area contributed by atoms with Crippen molar-refractivity contribution in [2.24, 2.45) is 0 Å². The number of sulfonamides is 1. The number of anilines is 2. The summed E-state index contributed by atoms with van der Waals surface area (Å²) in [6.07, 6.45) is 0. The van der Waals surface area contributed by atoms with E-state index >= 15 is 0 Å². The van der Waals surface area contributed by atoms with E-state index in [0.717, 1.165) is 17.7 Å². The smallest absolute Gasteiger partial charge is 0.338 e. The molecule has 3 rings (SSSR count). The van der Waals surface area contributed by atoms with Crippen molar-refractivity contribution in [1.29, 1.82) is 0 Å². The molecule has 12 heteroatoms. The SMILES string of the molecule is COc1ccc([N+](=O)[O-])cc1NC(=O)COC(=O)c1cc(S(=O)(=O)Nc2cccc(C)c2)ccc1C. The number of carbonyl (C=O) groups is 2. The van der Waals surface area contributed by atoms with Gasteiger partial charge in [-0.1, -0.05) is 18.2 Å². The Morgan fingerprint density at radius 2 is 1.78 bits per heavy atom. The number of non-ortho nitro benzene ring substituents is 1. The number of nitrogens with one attached hydrogen (secondary N) is 2. The van der Waals surface area contributed by atoms with Crippen LogP contribution in [0.3, 0.4) is 0 Å². The van der Waals surface area contributed by atoms with E-state index in [4.69, 9.17) is 9.47 Å². The van der Waals surface area contributed by atoms with E-state index in [-0.39, 0.29) is 27.6 Å². The van der Waals surface area contributed by atoms with E-state index in [9.17, 15) is 28.1 Å². The zero-order valence-corrected chi connectivity index (χ0v) is 20.4. The van der Waals surface area contributed by atoms with Crippen LogP contribution in [0.1, 0.15) is 21.5 Å². The zero-order chi connectivity index (χ0) is 26.5. The summed E-state index contributed by atoms with van der Waals surface area (Å²) in [6.45, 7) is 2.70. The predicted molar refractivity (Wildman–Crippen MR) is 132 cm³/mol. The van der Waals surface area contributed by atoms with Crippen molar-refractivity contribution < 1.29 is 32.4 Å². The zero-order valence-electron chi connectivity index (χ0n) is 19.6. The molecule has 0 bridgehead atoms. The lowest BCUT2D eigenvalue weighted by Crippen LogP contribution is -2.22. The normalized spacial score (nSPS) is 10.9. The lowest BCUT2D eigenvalue weighted by atomic mass is 10.1. The number of ether oxygens (including phenoxy) is 2. The number of aryl methyl sites for hydroxylation is 2. The molecule has 3 aromatic rings. The molecule has 11 nitrogen and oxygen atoms in total. The monoisotopic (exact) mass is 513 g/mol. The number of carbonyl (C=O) groups excluding carboxylic acids is 2. The van der Waals surface area contributed by atoms with Gasteiger partial charge in [-0.25, -0.2) is 13.2 Å². The molecule has 188 valence electrons. The minimum absolute atomic E-state index is 0.0271. The molecule has 0 radical (unpaired) electrons. The number of amides is 1. The lowest BCUT2D eigenvalue weighted by Gasteiger charge is -2.12. The number of methoxy groups -OCH3 is 1. The molecule has 0 unspecified atom stereocenters. The number of nitro benzene ring substituents is 1. The Labute approximate surface area is 207 Å². The summed E-state index contributed by atoms with van der Waals surface area (Å²) in [5.74, 6) is -1.51. The molecule has 0 heterocycles. The number of nitro groups is 1. The van der Waals surface area contributed by atoms with E-state index < -0.39 is 33.4 Å². The molecule has 0 aliphatic carbocycles. The average Bonchev–Trinajstić information content (AvgIpc) is 2.82. The van der Waals surface area contributed by atoms with Crippen LogP contribution in [-0.2, 0) is 19.6 Å². The Morgan fingerprint density at radius 1 is 1.03 bits per heavy atom. The van der Waals surface area contributed by atoms with E-state index in [1.807, 2.05) is 13.0 Å². The maximum absolute atomic E-state index is 12.8. The molecule has 3 aromatic carbocycles. The molecular weight excluding hydrogens is 490 g/mol. The fourth-order valence-electron chi connectivity index (χ4n) is 3.21. The van der Waals surface area contributed by atoms with Crippen LogP contribution in [0.4, 0.5) is 17.1 Å². The van der Waals surface area contributed by atoms with Crippen LogP contribution in [0.5, 0.6) is 5.75 Å². The summed E-state index contributed by atoms with van der Waals surface area (Å²) in [6, 6.07) is 14.4. The van der Waals surface area contributed by atoms with Gasteiger partial charge < -0.3 is 14.8 Å². The number of benzene rings is 3. The molecule has 0 aliphatic heterocycles. The van der Waals surface area contributed by atoms with Gasteiger partial charge in [0.15, 0.2) is 6.61 Å². The molecule has 0 saturated heterocycles. The van der Waals surface area contributed by atoms with Gasteiger partial charge in [0.05, 0.1) is 28.2 Å². The molecule has 0 saturated carbocycles. The minimum atomic E-state index is -4.00. The Hall–Kier alpha value is -4.45. The third kappa shape index (κ3) is 6.36. The summed E-state index contributed by atoms with van der Waals surface area (Å²) in [5.41, 5.74) is 1.39. The minimum Gasteiger partial charge on any atom is -0.495 e. The van der Waals surface area contributed by atoms with E-state index in [0.29, 0.717) is 11.3 Å². The maximum Gasteiger partial charge on any atom is 0.338 e. The van der Waals surface area contributed by atoms with Crippen LogP contribution >= 0.6 is 0 Å². The quantitative estimate of drug-likeness (QED) is 0.249. The fraction of sp³-hybridized carbons (Fsp3) is 0.167. The molecule has 36 heavy (non-hydrogen) atoms. The van der Waals surface area contributed by atoms with Gasteiger partial charge in [-0.05, 0) is 55.3 Å². The van der Waals surface area contributed by atoms with Gasteiger partial charge in [-0.2, -0.15) is 0 Å². The predicted octanol–water partition coefficient (Wildman–Crippen LogP) is 3.82. The van der Waals surface area contributed by atoms with Gasteiger partial charge in [0.25, 0.3) is 21.6 Å². The Balaban J connectivity index is 1.72. The van der Waals surface area contributed by atoms with Crippen LogP contribution in [-0.4, -0.2) is 38.9 Å². The second kappa shape index (κ2) is 10.9. The molecule has 0 spiro atoms. The second-order valence-corrected chi connectivity index (χ2v) is 9.40. The van der Waals surface area contributed by atoms with E-state index in [1.54, 1.807) is 25.1 Å². The standard InChI is InChI=1S/C24H23N3O8S/c1-15-5-4-6-17(11-15)26-36(32,33)19-9-7-16(2)20(13-19)24(29)35-14-23(28)25-21-12-18(27(30)31)8-10-22(21)34-3/h4-13,26H,14H2,1-3H3,(H,25,28). The van der Waals surface area contributed by atoms with Gasteiger partial charge in [0, 0.05) is 17.8 Å². The maximum atomic E-state index is 12.8. The highest BCUT2D eigenvalue weighted by Gasteiger charge is 2.20. The molecule has 2 N–H and O–H groups in total. The van der Waals surface area contributed by atoms with Crippen molar-refractivity contribution in [3.05, 3.63) is 87.5 Å². The van der Waals surface area contributed by atoms with E-state index in [1.165, 1.54) is 31.4 Å². The van der Waals surface area contributed by atoms with Crippen molar-refractivity contribution in [3.8, 4) is 5.75 Å². The molecule has 0 fully saturated rings. The first-order valence-electron chi connectivity index (χ1n) is 10.5. The van der Waals surface area contributed by atoms with Crippen LogP contribution in [0.15, 0.2) is 65.6 Å². The highest BCUT2D eigenvalue weighted by Crippen LogP contribution is 2.29.